The molecule has 2 fully saturated rings. The second-order valence-corrected chi connectivity index (χ2v) is 10.1. The standard InChI is InChI=1S/C23H24N4O2S2/c28-20(25-10-6-16-4-1-2-9-24-16)17-14-23(17)7-11-27(12-8-23)22(29)18-15-31-21(26-18)19-5-3-13-30-19/h1-5,9,13,15,17H,6-8,10-12,14H2,(H,25,28)/t17-/m1/s1. The van der Waals surface area contributed by atoms with Gasteiger partial charge in [-0.05, 0) is 48.3 Å². The Morgan fingerprint density at radius 1 is 1.16 bits per heavy atom. The first kappa shape index (κ1) is 20.3. The van der Waals surface area contributed by atoms with Crippen LogP contribution in [-0.2, 0) is 11.2 Å². The van der Waals surface area contributed by atoms with Crippen molar-refractivity contribution < 1.29 is 9.59 Å². The molecular weight excluding hydrogens is 428 g/mol. The molecule has 4 heterocycles. The van der Waals surface area contributed by atoms with E-state index in [1.807, 2.05) is 46.0 Å². The molecule has 1 N–H and O–H groups in total. The van der Waals surface area contributed by atoms with Gasteiger partial charge in [0, 0.05) is 49.2 Å². The van der Waals surface area contributed by atoms with Crippen LogP contribution in [0.5, 0.6) is 0 Å². The zero-order valence-electron chi connectivity index (χ0n) is 17.1. The Balaban J connectivity index is 1.11. The number of nitrogens with one attached hydrogen (secondary N) is 1. The van der Waals surface area contributed by atoms with Crippen LogP contribution in [0.25, 0.3) is 9.88 Å². The van der Waals surface area contributed by atoms with Crippen LogP contribution in [-0.4, -0.2) is 46.3 Å². The van der Waals surface area contributed by atoms with E-state index in [1.54, 1.807) is 17.5 Å². The zero-order valence-corrected chi connectivity index (χ0v) is 18.8. The number of nitrogens with zero attached hydrogens (tertiary/aromatic N) is 3. The number of amides is 2. The molecule has 160 valence electrons. The van der Waals surface area contributed by atoms with Gasteiger partial charge in [0.15, 0.2) is 0 Å². The molecule has 5 rings (SSSR count). The highest BCUT2D eigenvalue weighted by atomic mass is 32.1. The molecule has 1 saturated carbocycles. The predicted molar refractivity (Wildman–Crippen MR) is 122 cm³/mol. The van der Waals surface area contributed by atoms with Crippen molar-refractivity contribution in [3.05, 3.63) is 58.7 Å². The number of hydrogen-bond acceptors (Lipinski definition) is 6. The minimum atomic E-state index is 0.00548. The Kier molecular flexibility index (Phi) is 5.58. The third kappa shape index (κ3) is 4.27. The lowest BCUT2D eigenvalue weighted by Gasteiger charge is -2.32. The first-order valence-corrected chi connectivity index (χ1v) is 12.4. The van der Waals surface area contributed by atoms with Crippen molar-refractivity contribution in [2.75, 3.05) is 19.6 Å². The minimum Gasteiger partial charge on any atom is -0.355 e. The summed E-state index contributed by atoms with van der Waals surface area (Å²) in [4.78, 5) is 37.3. The Morgan fingerprint density at radius 2 is 2.03 bits per heavy atom. The molecule has 1 aliphatic carbocycles. The van der Waals surface area contributed by atoms with Gasteiger partial charge in [0.1, 0.15) is 10.7 Å². The van der Waals surface area contributed by atoms with Crippen LogP contribution in [0.2, 0.25) is 0 Å². The Bertz CT molecular complexity index is 1060. The van der Waals surface area contributed by atoms with Gasteiger partial charge in [-0.15, -0.1) is 22.7 Å². The molecule has 2 amide bonds. The van der Waals surface area contributed by atoms with Crippen LogP contribution in [0, 0.1) is 11.3 Å². The summed E-state index contributed by atoms with van der Waals surface area (Å²) >= 11 is 3.15. The summed E-state index contributed by atoms with van der Waals surface area (Å²) in [6.45, 7) is 2.01. The fourth-order valence-corrected chi connectivity index (χ4v) is 6.06. The Morgan fingerprint density at radius 3 is 2.77 bits per heavy atom. The van der Waals surface area contributed by atoms with E-state index in [4.69, 9.17) is 0 Å². The van der Waals surface area contributed by atoms with E-state index in [0.717, 1.165) is 41.3 Å². The van der Waals surface area contributed by atoms with Crippen LogP contribution in [0.4, 0.5) is 0 Å². The van der Waals surface area contributed by atoms with E-state index in [9.17, 15) is 9.59 Å². The number of aromatic nitrogens is 2. The van der Waals surface area contributed by atoms with Crippen molar-refractivity contribution in [1.82, 2.24) is 20.2 Å². The Labute approximate surface area is 189 Å². The van der Waals surface area contributed by atoms with Gasteiger partial charge in [-0.25, -0.2) is 4.98 Å². The number of carbonyl (C=O) groups excluding carboxylic acids is 2. The lowest BCUT2D eigenvalue weighted by molar-refractivity contribution is -0.123. The second kappa shape index (κ2) is 8.51. The van der Waals surface area contributed by atoms with Crippen LogP contribution in [0.1, 0.15) is 35.4 Å². The molecule has 31 heavy (non-hydrogen) atoms. The summed E-state index contributed by atoms with van der Waals surface area (Å²) in [7, 11) is 0. The molecular formula is C23H24N4O2S2. The summed E-state index contributed by atoms with van der Waals surface area (Å²) in [5.74, 6) is 0.236. The SMILES string of the molecule is O=C(NCCc1ccccn1)[C@H]1CC12CCN(C(=O)c1csc(-c3cccs3)n1)CC2. The topological polar surface area (TPSA) is 75.2 Å². The number of pyridine rings is 1. The monoisotopic (exact) mass is 452 g/mol. The number of piperidine rings is 1. The molecule has 3 aromatic rings. The normalized spacial score (nSPS) is 19.4. The third-order valence-corrected chi connectivity index (χ3v) is 8.30. The maximum Gasteiger partial charge on any atom is 0.273 e. The van der Waals surface area contributed by atoms with Gasteiger partial charge in [-0.3, -0.25) is 14.6 Å². The number of rotatable bonds is 6. The van der Waals surface area contributed by atoms with Crippen molar-refractivity contribution in [1.29, 1.82) is 0 Å². The summed E-state index contributed by atoms with van der Waals surface area (Å²) in [5, 5.41) is 7.85. The lowest BCUT2D eigenvalue weighted by Crippen LogP contribution is -2.41. The van der Waals surface area contributed by atoms with Gasteiger partial charge in [0.25, 0.3) is 5.91 Å². The van der Waals surface area contributed by atoms with E-state index < -0.39 is 0 Å². The molecule has 1 spiro atoms. The maximum absolute atomic E-state index is 12.9. The van der Waals surface area contributed by atoms with E-state index >= 15 is 0 Å². The fourth-order valence-electron chi connectivity index (χ4n) is 4.46. The van der Waals surface area contributed by atoms with Crippen LogP contribution < -0.4 is 5.32 Å². The molecule has 1 aliphatic heterocycles. The van der Waals surface area contributed by atoms with Crippen molar-refractivity contribution in [2.45, 2.75) is 25.7 Å². The van der Waals surface area contributed by atoms with Gasteiger partial charge >= 0.3 is 0 Å². The molecule has 0 aromatic carbocycles. The van der Waals surface area contributed by atoms with Gasteiger partial charge in [0.05, 0.1) is 4.88 Å². The van der Waals surface area contributed by atoms with Gasteiger partial charge in [-0.2, -0.15) is 0 Å². The molecule has 3 aromatic heterocycles. The third-order valence-electron chi connectivity index (χ3n) is 6.41. The average Bonchev–Trinajstić information content (AvgIpc) is 3.20. The molecule has 8 heteroatoms. The summed E-state index contributed by atoms with van der Waals surface area (Å²) in [6, 6.07) is 9.85. The largest absolute Gasteiger partial charge is 0.355 e. The quantitative estimate of drug-likeness (QED) is 0.616. The Hall–Kier alpha value is -2.58. The van der Waals surface area contributed by atoms with E-state index in [-0.39, 0.29) is 23.1 Å². The number of thiazole rings is 1. The van der Waals surface area contributed by atoms with Gasteiger partial charge in [0.2, 0.25) is 5.91 Å². The van der Waals surface area contributed by atoms with Crippen molar-refractivity contribution >= 4 is 34.5 Å². The first-order valence-electron chi connectivity index (χ1n) is 10.6. The fraction of sp³-hybridized carbons (Fsp3) is 0.391. The van der Waals surface area contributed by atoms with E-state index in [0.29, 0.717) is 25.3 Å². The van der Waals surface area contributed by atoms with E-state index in [1.165, 1.54) is 11.3 Å². The first-order chi connectivity index (χ1) is 15.1. The highest BCUT2D eigenvalue weighted by Gasteiger charge is 2.58. The minimum absolute atomic E-state index is 0.00548. The molecule has 0 unspecified atom stereocenters. The highest BCUT2D eigenvalue weighted by Crippen LogP contribution is 2.59. The summed E-state index contributed by atoms with van der Waals surface area (Å²) < 4.78 is 0. The van der Waals surface area contributed by atoms with Crippen molar-refractivity contribution in [3.63, 3.8) is 0 Å². The highest BCUT2D eigenvalue weighted by molar-refractivity contribution is 7.20. The second-order valence-electron chi connectivity index (χ2n) is 8.29. The number of hydrogen-bond donors (Lipinski definition) is 1. The maximum atomic E-state index is 12.9. The van der Waals surface area contributed by atoms with Crippen LogP contribution in [0.3, 0.4) is 0 Å². The molecule has 1 atom stereocenters. The van der Waals surface area contributed by atoms with Crippen LogP contribution >= 0.6 is 22.7 Å². The number of carbonyl (C=O) groups is 2. The summed E-state index contributed by atoms with van der Waals surface area (Å²) in [6.07, 6.45) is 5.23. The van der Waals surface area contributed by atoms with E-state index in [2.05, 4.69) is 15.3 Å². The van der Waals surface area contributed by atoms with Gasteiger partial charge < -0.3 is 10.2 Å². The molecule has 0 radical (unpaired) electrons. The molecule has 6 nitrogen and oxygen atoms in total. The molecule has 2 aliphatic rings. The number of likely N-dealkylation sites (tertiary alicyclic amines) is 1. The zero-order chi connectivity index (χ0) is 21.3. The smallest absolute Gasteiger partial charge is 0.273 e. The van der Waals surface area contributed by atoms with Crippen molar-refractivity contribution in [2.24, 2.45) is 11.3 Å². The molecule has 1 saturated heterocycles. The van der Waals surface area contributed by atoms with Gasteiger partial charge in [-0.1, -0.05) is 12.1 Å². The lowest BCUT2D eigenvalue weighted by atomic mass is 9.90. The molecule has 0 bridgehead atoms. The summed E-state index contributed by atoms with van der Waals surface area (Å²) in [5.41, 5.74) is 1.60. The number of thiophene rings is 1. The average molecular weight is 453 g/mol. The van der Waals surface area contributed by atoms with Crippen molar-refractivity contribution in [3.8, 4) is 9.88 Å². The predicted octanol–water partition coefficient (Wildman–Crippen LogP) is 3.87. The van der Waals surface area contributed by atoms with Crippen LogP contribution in [0.15, 0.2) is 47.3 Å².